The van der Waals surface area contributed by atoms with Crippen LogP contribution in [-0.2, 0) is 13.0 Å². The third-order valence-corrected chi connectivity index (χ3v) is 3.22. The Labute approximate surface area is 91.5 Å². The standard InChI is InChI=1S/C12H15N.ClH/c1-2-4-11-9-13(12-5-6-12)8-7-10(11)3-1;/h1-4,12H,5-9H2;1H/p-1. The van der Waals surface area contributed by atoms with Gasteiger partial charge in [0.15, 0.2) is 0 Å². The highest BCUT2D eigenvalue weighted by molar-refractivity contribution is 5.29. The molecule has 1 aliphatic heterocycles. The highest BCUT2D eigenvalue weighted by atomic mass is 35.5. The molecule has 0 saturated heterocycles. The summed E-state index contributed by atoms with van der Waals surface area (Å²) in [5.41, 5.74) is 3.13. The molecule has 0 bridgehead atoms. The van der Waals surface area contributed by atoms with Crippen LogP contribution in [0.4, 0.5) is 0 Å². The zero-order valence-corrected chi connectivity index (χ0v) is 9.00. The largest absolute Gasteiger partial charge is 1.00 e. The molecule has 3 rings (SSSR count). The van der Waals surface area contributed by atoms with Gasteiger partial charge in [-0.1, -0.05) is 24.3 Å². The van der Waals surface area contributed by atoms with Crippen LogP contribution in [0, 0.1) is 0 Å². The Balaban J connectivity index is 0.000000750. The second kappa shape index (κ2) is 3.92. The molecule has 0 amide bonds. The van der Waals surface area contributed by atoms with E-state index in [4.69, 9.17) is 0 Å². The molecule has 2 aliphatic rings. The fourth-order valence-electron chi connectivity index (χ4n) is 2.27. The van der Waals surface area contributed by atoms with Gasteiger partial charge >= 0.3 is 0 Å². The number of nitrogens with zero attached hydrogens (tertiary/aromatic N) is 1. The molecule has 1 saturated carbocycles. The summed E-state index contributed by atoms with van der Waals surface area (Å²) in [6.07, 6.45) is 4.12. The molecule has 0 N–H and O–H groups in total. The lowest BCUT2D eigenvalue weighted by Crippen LogP contribution is -3.00. The van der Waals surface area contributed by atoms with Crippen LogP contribution in [0.25, 0.3) is 0 Å². The maximum Gasteiger partial charge on any atom is 0.0239 e. The molecule has 1 aliphatic carbocycles. The lowest BCUT2D eigenvalue weighted by Gasteiger charge is -2.28. The molecular formula is C12H15ClN-. The van der Waals surface area contributed by atoms with Crippen molar-refractivity contribution in [3.63, 3.8) is 0 Å². The third kappa shape index (κ3) is 1.79. The smallest absolute Gasteiger partial charge is 0.0239 e. The first kappa shape index (κ1) is 10.0. The zero-order valence-electron chi connectivity index (χ0n) is 8.25. The highest BCUT2D eigenvalue weighted by Gasteiger charge is 2.30. The molecule has 0 radical (unpaired) electrons. The van der Waals surface area contributed by atoms with Gasteiger partial charge in [0.1, 0.15) is 0 Å². The first-order valence-electron chi connectivity index (χ1n) is 5.24. The molecule has 0 aromatic heterocycles. The van der Waals surface area contributed by atoms with Gasteiger partial charge in [-0.15, -0.1) is 0 Å². The Hall–Kier alpha value is -0.530. The Morgan fingerprint density at radius 2 is 1.79 bits per heavy atom. The summed E-state index contributed by atoms with van der Waals surface area (Å²) in [6, 6.07) is 9.80. The lowest BCUT2D eigenvalue weighted by molar-refractivity contribution is -0.00000266. The maximum atomic E-state index is 2.64. The summed E-state index contributed by atoms with van der Waals surface area (Å²) in [6.45, 7) is 2.47. The van der Waals surface area contributed by atoms with Crippen LogP contribution in [0.1, 0.15) is 24.0 Å². The quantitative estimate of drug-likeness (QED) is 0.585. The summed E-state index contributed by atoms with van der Waals surface area (Å²) >= 11 is 0. The SMILES string of the molecule is [Cl-].c1ccc2c(c1)CCN(C1CC1)C2. The topological polar surface area (TPSA) is 3.24 Å². The Bertz CT molecular complexity index is 320. The van der Waals surface area contributed by atoms with Crippen molar-refractivity contribution in [2.45, 2.75) is 31.8 Å². The number of fused-ring (bicyclic) bond motifs is 1. The first-order chi connectivity index (χ1) is 6.43. The summed E-state index contributed by atoms with van der Waals surface area (Å²) in [5.74, 6) is 0. The summed E-state index contributed by atoms with van der Waals surface area (Å²) in [4.78, 5) is 2.64. The molecule has 1 aromatic carbocycles. The Kier molecular flexibility index (Phi) is 2.80. The van der Waals surface area contributed by atoms with E-state index >= 15 is 0 Å². The molecule has 1 fully saturated rings. The minimum absolute atomic E-state index is 0. The van der Waals surface area contributed by atoms with E-state index in [1.807, 2.05) is 0 Å². The molecule has 0 spiro atoms. The second-order valence-electron chi connectivity index (χ2n) is 4.22. The van der Waals surface area contributed by atoms with Crippen molar-refractivity contribution in [2.24, 2.45) is 0 Å². The Morgan fingerprint density at radius 1 is 1.07 bits per heavy atom. The molecular weight excluding hydrogens is 194 g/mol. The van der Waals surface area contributed by atoms with E-state index in [9.17, 15) is 0 Å². The van der Waals surface area contributed by atoms with Crippen molar-refractivity contribution in [2.75, 3.05) is 6.54 Å². The molecule has 1 nitrogen and oxygen atoms in total. The molecule has 1 aromatic rings. The van der Waals surface area contributed by atoms with E-state index in [2.05, 4.69) is 29.2 Å². The van der Waals surface area contributed by atoms with E-state index in [0.29, 0.717) is 0 Å². The van der Waals surface area contributed by atoms with Crippen molar-refractivity contribution < 1.29 is 12.4 Å². The first-order valence-corrected chi connectivity index (χ1v) is 5.24. The van der Waals surface area contributed by atoms with E-state index in [1.54, 1.807) is 11.1 Å². The minimum Gasteiger partial charge on any atom is -1.00 e. The van der Waals surface area contributed by atoms with Crippen LogP contribution in [-0.4, -0.2) is 17.5 Å². The predicted molar refractivity (Wildman–Crippen MR) is 53.6 cm³/mol. The summed E-state index contributed by atoms with van der Waals surface area (Å²) in [7, 11) is 0. The monoisotopic (exact) mass is 208 g/mol. The molecule has 0 atom stereocenters. The van der Waals surface area contributed by atoms with Gasteiger partial charge in [0.05, 0.1) is 0 Å². The number of hydrogen-bond donors (Lipinski definition) is 0. The van der Waals surface area contributed by atoms with Crippen LogP contribution in [0.2, 0.25) is 0 Å². The number of rotatable bonds is 1. The zero-order chi connectivity index (χ0) is 8.67. The van der Waals surface area contributed by atoms with Gasteiger partial charge < -0.3 is 12.4 Å². The van der Waals surface area contributed by atoms with Gasteiger partial charge in [-0.2, -0.15) is 0 Å². The Morgan fingerprint density at radius 3 is 2.50 bits per heavy atom. The number of benzene rings is 1. The number of hydrogen-bond acceptors (Lipinski definition) is 1. The maximum absolute atomic E-state index is 2.64. The van der Waals surface area contributed by atoms with Crippen molar-refractivity contribution in [1.29, 1.82) is 0 Å². The van der Waals surface area contributed by atoms with Gasteiger partial charge in [0.2, 0.25) is 0 Å². The predicted octanol–water partition coefficient (Wildman–Crippen LogP) is -0.789. The van der Waals surface area contributed by atoms with Crippen molar-refractivity contribution in [3.05, 3.63) is 35.4 Å². The van der Waals surface area contributed by atoms with Gasteiger partial charge in [0.25, 0.3) is 0 Å². The third-order valence-electron chi connectivity index (χ3n) is 3.22. The van der Waals surface area contributed by atoms with E-state index in [-0.39, 0.29) is 12.4 Å². The van der Waals surface area contributed by atoms with Crippen molar-refractivity contribution in [3.8, 4) is 0 Å². The van der Waals surface area contributed by atoms with Gasteiger partial charge in [0, 0.05) is 19.1 Å². The molecule has 0 unspecified atom stereocenters. The van der Waals surface area contributed by atoms with Crippen LogP contribution in [0.15, 0.2) is 24.3 Å². The summed E-state index contributed by atoms with van der Waals surface area (Å²) in [5, 5.41) is 0. The van der Waals surface area contributed by atoms with E-state index in [1.165, 1.54) is 32.4 Å². The van der Waals surface area contributed by atoms with Gasteiger partial charge in [-0.05, 0) is 30.4 Å². The van der Waals surface area contributed by atoms with Crippen molar-refractivity contribution in [1.82, 2.24) is 4.90 Å². The molecule has 2 heteroatoms. The van der Waals surface area contributed by atoms with Crippen LogP contribution in [0.5, 0.6) is 0 Å². The lowest BCUT2D eigenvalue weighted by atomic mass is 10.00. The summed E-state index contributed by atoms with van der Waals surface area (Å²) < 4.78 is 0. The minimum atomic E-state index is 0. The fourth-order valence-corrected chi connectivity index (χ4v) is 2.27. The molecule has 14 heavy (non-hydrogen) atoms. The average Bonchev–Trinajstić information content (AvgIpc) is 3.00. The van der Waals surface area contributed by atoms with Crippen LogP contribution in [0.3, 0.4) is 0 Å². The van der Waals surface area contributed by atoms with Crippen molar-refractivity contribution >= 4 is 0 Å². The number of halogens is 1. The van der Waals surface area contributed by atoms with Gasteiger partial charge in [-0.3, -0.25) is 4.90 Å². The van der Waals surface area contributed by atoms with Crippen LogP contribution >= 0.6 is 0 Å². The van der Waals surface area contributed by atoms with E-state index in [0.717, 1.165) is 6.04 Å². The second-order valence-corrected chi connectivity index (χ2v) is 4.22. The van der Waals surface area contributed by atoms with E-state index < -0.39 is 0 Å². The highest BCUT2D eigenvalue weighted by Crippen LogP contribution is 2.31. The van der Waals surface area contributed by atoms with Gasteiger partial charge in [-0.25, -0.2) is 0 Å². The fraction of sp³-hybridized carbons (Fsp3) is 0.500. The normalized spacial score (nSPS) is 21.1. The molecule has 1 heterocycles. The van der Waals surface area contributed by atoms with Crippen LogP contribution < -0.4 is 12.4 Å². The molecule has 76 valence electrons. The average molecular weight is 209 g/mol.